The van der Waals surface area contributed by atoms with Gasteiger partial charge in [-0.1, -0.05) is 30.3 Å². The molecule has 102 valence electrons. The van der Waals surface area contributed by atoms with E-state index in [1.807, 2.05) is 37.3 Å². The highest BCUT2D eigenvalue weighted by atomic mass is 19.1. The molecule has 3 aromatic rings. The van der Waals surface area contributed by atoms with Gasteiger partial charge in [-0.05, 0) is 30.7 Å². The van der Waals surface area contributed by atoms with Gasteiger partial charge in [0.1, 0.15) is 5.82 Å². The molecule has 0 radical (unpaired) electrons. The van der Waals surface area contributed by atoms with Crippen LogP contribution < -0.4 is 0 Å². The van der Waals surface area contributed by atoms with Gasteiger partial charge in [-0.2, -0.15) is 0 Å². The largest absolute Gasteiger partial charge is 0.392 e. The van der Waals surface area contributed by atoms with Crippen molar-refractivity contribution < 1.29 is 9.50 Å². The Balaban J connectivity index is 2.14. The summed E-state index contributed by atoms with van der Waals surface area (Å²) in [5.74, 6) is -0.223. The molecule has 0 aliphatic carbocycles. The molecule has 0 aliphatic heterocycles. The van der Waals surface area contributed by atoms with Gasteiger partial charge in [0.15, 0.2) is 0 Å². The molecule has 0 spiro atoms. The quantitative estimate of drug-likeness (QED) is 0.771. The number of hydrogen-bond donors (Lipinski definition) is 1. The predicted molar refractivity (Wildman–Crippen MR) is 78.1 cm³/mol. The Morgan fingerprint density at radius 2 is 1.90 bits per heavy atom. The molecule has 2 nitrogen and oxygen atoms in total. The number of benzene rings is 2. The molecule has 1 N–H and O–H groups in total. The highest BCUT2D eigenvalue weighted by Gasteiger charge is 2.13. The average molecular weight is 269 g/mol. The molecule has 0 bridgehead atoms. The fourth-order valence-electron chi connectivity index (χ4n) is 2.72. The normalized spacial score (nSPS) is 11.2. The lowest BCUT2D eigenvalue weighted by molar-refractivity contribution is 0.282. The van der Waals surface area contributed by atoms with Crippen molar-refractivity contribution in [2.75, 3.05) is 0 Å². The minimum absolute atomic E-state index is 0.0164. The van der Waals surface area contributed by atoms with Gasteiger partial charge in [-0.15, -0.1) is 0 Å². The second-order valence-corrected chi connectivity index (χ2v) is 4.96. The van der Waals surface area contributed by atoms with Crippen LogP contribution in [0.25, 0.3) is 10.9 Å². The Morgan fingerprint density at radius 3 is 2.65 bits per heavy atom. The molecular formula is C17H16FNO. The van der Waals surface area contributed by atoms with Gasteiger partial charge in [0.25, 0.3) is 0 Å². The predicted octanol–water partition coefficient (Wildman–Crippen LogP) is 3.63. The lowest BCUT2D eigenvalue weighted by atomic mass is 10.1. The first kappa shape index (κ1) is 12.9. The third-order valence-corrected chi connectivity index (χ3v) is 3.75. The molecule has 20 heavy (non-hydrogen) atoms. The number of aliphatic hydroxyl groups is 1. The molecule has 1 heterocycles. The number of hydrogen-bond acceptors (Lipinski definition) is 1. The molecule has 0 saturated heterocycles. The van der Waals surface area contributed by atoms with Crippen LogP contribution >= 0.6 is 0 Å². The van der Waals surface area contributed by atoms with E-state index in [9.17, 15) is 9.50 Å². The second-order valence-electron chi connectivity index (χ2n) is 4.96. The fraction of sp³-hybridized carbons (Fsp3) is 0.176. The smallest absolute Gasteiger partial charge is 0.123 e. The summed E-state index contributed by atoms with van der Waals surface area (Å²) in [6, 6.07) is 14.6. The molecule has 0 amide bonds. The molecule has 0 unspecified atom stereocenters. The lowest BCUT2D eigenvalue weighted by Gasteiger charge is -2.09. The highest BCUT2D eigenvalue weighted by Crippen LogP contribution is 2.26. The van der Waals surface area contributed by atoms with E-state index in [-0.39, 0.29) is 12.4 Å². The van der Waals surface area contributed by atoms with Crippen LogP contribution in [0.15, 0.2) is 48.5 Å². The first-order valence-electron chi connectivity index (χ1n) is 6.62. The zero-order valence-electron chi connectivity index (χ0n) is 11.3. The van der Waals surface area contributed by atoms with Crippen molar-refractivity contribution in [2.24, 2.45) is 0 Å². The Labute approximate surface area is 117 Å². The molecule has 0 aliphatic rings. The monoisotopic (exact) mass is 269 g/mol. The maximum atomic E-state index is 13.3. The molecule has 0 saturated carbocycles. The van der Waals surface area contributed by atoms with Crippen LogP contribution in [0, 0.1) is 12.7 Å². The van der Waals surface area contributed by atoms with E-state index in [4.69, 9.17) is 0 Å². The van der Waals surface area contributed by atoms with Crippen molar-refractivity contribution in [2.45, 2.75) is 20.1 Å². The van der Waals surface area contributed by atoms with Crippen molar-refractivity contribution in [3.63, 3.8) is 0 Å². The molecule has 1 aromatic heterocycles. The molecular weight excluding hydrogens is 253 g/mol. The van der Waals surface area contributed by atoms with E-state index in [1.54, 1.807) is 12.1 Å². The standard InChI is InChI=1S/C17H16FNO/c1-12-16(11-20)15-7-2-3-8-17(15)19(12)10-13-5-4-6-14(18)9-13/h2-9,20H,10-11H2,1H3. The summed E-state index contributed by atoms with van der Waals surface area (Å²) in [5, 5.41) is 10.6. The molecule has 0 fully saturated rings. The number of aliphatic hydroxyl groups excluding tert-OH is 1. The maximum absolute atomic E-state index is 13.3. The third kappa shape index (κ3) is 2.10. The summed E-state index contributed by atoms with van der Waals surface area (Å²) in [6.07, 6.45) is 0. The van der Waals surface area contributed by atoms with Crippen LogP contribution in [0.5, 0.6) is 0 Å². The summed E-state index contributed by atoms with van der Waals surface area (Å²) in [5.41, 5.74) is 3.95. The minimum Gasteiger partial charge on any atom is -0.392 e. The zero-order valence-corrected chi connectivity index (χ0v) is 11.3. The number of halogens is 1. The van der Waals surface area contributed by atoms with Crippen molar-refractivity contribution in [3.8, 4) is 0 Å². The van der Waals surface area contributed by atoms with Crippen molar-refractivity contribution in [1.82, 2.24) is 4.57 Å². The Hall–Kier alpha value is -2.13. The zero-order chi connectivity index (χ0) is 14.1. The number of nitrogens with zero attached hydrogens (tertiary/aromatic N) is 1. The number of aromatic nitrogens is 1. The van der Waals surface area contributed by atoms with E-state index >= 15 is 0 Å². The van der Waals surface area contributed by atoms with Gasteiger partial charge >= 0.3 is 0 Å². The van der Waals surface area contributed by atoms with E-state index in [1.165, 1.54) is 6.07 Å². The summed E-state index contributed by atoms with van der Waals surface area (Å²) in [7, 11) is 0. The number of rotatable bonds is 3. The van der Waals surface area contributed by atoms with Crippen LogP contribution in [-0.4, -0.2) is 9.67 Å². The number of para-hydroxylation sites is 1. The van der Waals surface area contributed by atoms with Crippen LogP contribution in [0.1, 0.15) is 16.8 Å². The summed E-state index contributed by atoms with van der Waals surface area (Å²) >= 11 is 0. The van der Waals surface area contributed by atoms with Crippen LogP contribution in [0.2, 0.25) is 0 Å². The SMILES string of the molecule is Cc1c(CO)c2ccccc2n1Cc1cccc(F)c1. The Morgan fingerprint density at radius 1 is 1.10 bits per heavy atom. The fourth-order valence-corrected chi connectivity index (χ4v) is 2.72. The van der Waals surface area contributed by atoms with Gasteiger partial charge in [0.2, 0.25) is 0 Å². The van der Waals surface area contributed by atoms with Crippen molar-refractivity contribution >= 4 is 10.9 Å². The van der Waals surface area contributed by atoms with E-state index < -0.39 is 0 Å². The average Bonchev–Trinajstić information content (AvgIpc) is 2.72. The van der Waals surface area contributed by atoms with Crippen molar-refractivity contribution in [1.29, 1.82) is 0 Å². The topological polar surface area (TPSA) is 25.2 Å². The Bertz CT molecular complexity index is 761. The van der Waals surface area contributed by atoms with Gasteiger partial charge in [-0.25, -0.2) is 4.39 Å². The third-order valence-electron chi connectivity index (χ3n) is 3.75. The Kier molecular flexibility index (Phi) is 3.28. The minimum atomic E-state index is -0.223. The summed E-state index contributed by atoms with van der Waals surface area (Å²) in [6.45, 7) is 2.61. The first-order chi connectivity index (χ1) is 9.70. The second kappa shape index (κ2) is 5.10. The summed E-state index contributed by atoms with van der Waals surface area (Å²) < 4.78 is 15.4. The van der Waals surface area contributed by atoms with E-state index in [0.29, 0.717) is 6.54 Å². The highest BCUT2D eigenvalue weighted by molar-refractivity contribution is 5.85. The number of fused-ring (bicyclic) bond motifs is 1. The molecule has 2 aromatic carbocycles. The van der Waals surface area contributed by atoms with Crippen molar-refractivity contribution in [3.05, 3.63) is 71.2 Å². The van der Waals surface area contributed by atoms with E-state index in [0.717, 1.165) is 27.7 Å². The van der Waals surface area contributed by atoms with Crippen LogP contribution in [-0.2, 0) is 13.2 Å². The van der Waals surface area contributed by atoms with Gasteiger partial charge < -0.3 is 9.67 Å². The van der Waals surface area contributed by atoms with Crippen LogP contribution in [0.3, 0.4) is 0 Å². The van der Waals surface area contributed by atoms with Gasteiger partial charge in [-0.3, -0.25) is 0 Å². The maximum Gasteiger partial charge on any atom is 0.123 e. The molecule has 0 atom stereocenters. The molecule has 3 rings (SSSR count). The first-order valence-corrected chi connectivity index (χ1v) is 6.62. The summed E-state index contributed by atoms with van der Waals surface area (Å²) in [4.78, 5) is 0. The van der Waals surface area contributed by atoms with E-state index in [2.05, 4.69) is 4.57 Å². The van der Waals surface area contributed by atoms with Gasteiger partial charge in [0, 0.05) is 28.7 Å². The van der Waals surface area contributed by atoms with Gasteiger partial charge in [0.05, 0.1) is 6.61 Å². The lowest BCUT2D eigenvalue weighted by Crippen LogP contribution is -2.02. The molecule has 3 heteroatoms. The van der Waals surface area contributed by atoms with Crippen LogP contribution in [0.4, 0.5) is 4.39 Å².